The Bertz CT molecular complexity index is 1230. The van der Waals surface area contributed by atoms with Gasteiger partial charge in [0.15, 0.2) is 0 Å². The van der Waals surface area contributed by atoms with Crippen molar-refractivity contribution < 1.29 is 4.79 Å². The van der Waals surface area contributed by atoms with E-state index in [0.717, 1.165) is 0 Å². The highest BCUT2D eigenvalue weighted by molar-refractivity contribution is 6.40. The number of benzene rings is 2. The van der Waals surface area contributed by atoms with Crippen LogP contribution in [0.3, 0.4) is 0 Å². The fraction of sp³-hybridized carbons (Fsp3) is 0. The van der Waals surface area contributed by atoms with Crippen molar-refractivity contribution >= 4 is 45.7 Å². The maximum Gasteiger partial charge on any atom is 0.258 e. The predicted molar refractivity (Wildman–Crippen MR) is 108 cm³/mol. The van der Waals surface area contributed by atoms with Crippen LogP contribution in [0.1, 0.15) is 15.9 Å². The summed E-state index contributed by atoms with van der Waals surface area (Å²) in [4.78, 5) is 21.2. The maximum absolute atomic E-state index is 12.8. The number of aromatic nitrogens is 3. The third-order valence-electron chi connectivity index (χ3n) is 4.19. The van der Waals surface area contributed by atoms with Crippen LogP contribution in [0.5, 0.6) is 0 Å². The Labute approximate surface area is 170 Å². The summed E-state index contributed by atoms with van der Waals surface area (Å²) in [5.41, 5.74) is 2.22. The summed E-state index contributed by atoms with van der Waals surface area (Å²) in [6.45, 7) is 0. The first-order chi connectivity index (χ1) is 13.6. The van der Waals surface area contributed by atoms with E-state index in [1.807, 2.05) is 6.07 Å². The van der Waals surface area contributed by atoms with Gasteiger partial charge in [-0.05, 0) is 18.2 Å². The molecule has 4 rings (SSSR count). The van der Waals surface area contributed by atoms with Gasteiger partial charge in [0.25, 0.3) is 5.91 Å². The van der Waals surface area contributed by atoms with Crippen LogP contribution in [0.25, 0.3) is 16.6 Å². The molecule has 0 aliphatic heterocycles. The van der Waals surface area contributed by atoms with Gasteiger partial charge in [0.2, 0.25) is 0 Å². The molecule has 28 heavy (non-hydrogen) atoms. The normalized spacial score (nSPS) is 10.6. The van der Waals surface area contributed by atoms with Crippen LogP contribution < -0.4 is 5.32 Å². The van der Waals surface area contributed by atoms with E-state index in [4.69, 9.17) is 23.2 Å². The lowest BCUT2D eigenvalue weighted by Gasteiger charge is -2.13. The average molecular weight is 408 g/mol. The number of nitriles is 1. The highest BCUT2D eigenvalue weighted by Gasteiger charge is 2.18. The molecule has 0 atom stereocenters. The van der Waals surface area contributed by atoms with Gasteiger partial charge in [-0.2, -0.15) is 5.26 Å². The van der Waals surface area contributed by atoms with E-state index in [1.165, 1.54) is 6.20 Å². The van der Waals surface area contributed by atoms with E-state index in [9.17, 15) is 10.1 Å². The summed E-state index contributed by atoms with van der Waals surface area (Å²) in [7, 11) is 0. The quantitative estimate of drug-likeness (QED) is 0.525. The zero-order valence-electron chi connectivity index (χ0n) is 14.2. The van der Waals surface area contributed by atoms with Crippen molar-refractivity contribution in [2.45, 2.75) is 0 Å². The van der Waals surface area contributed by atoms with Gasteiger partial charge in [0.05, 0.1) is 44.4 Å². The van der Waals surface area contributed by atoms with Crippen molar-refractivity contribution in [3.05, 3.63) is 82.5 Å². The molecule has 0 fully saturated rings. The first kappa shape index (κ1) is 18.0. The number of hydrogen-bond acceptors (Lipinski definition) is 4. The number of pyridine rings is 1. The Morgan fingerprint density at radius 3 is 2.57 bits per heavy atom. The Balaban J connectivity index is 1.85. The molecule has 2 aromatic carbocycles. The number of fused-ring (bicyclic) bond motifs is 1. The van der Waals surface area contributed by atoms with Crippen molar-refractivity contribution in [3.63, 3.8) is 0 Å². The van der Waals surface area contributed by atoms with Gasteiger partial charge in [-0.3, -0.25) is 9.78 Å². The number of anilines is 1. The fourth-order valence-electron chi connectivity index (χ4n) is 2.96. The summed E-state index contributed by atoms with van der Waals surface area (Å²) < 4.78 is 1.74. The molecule has 1 amide bonds. The number of imidazole rings is 1. The first-order valence-electron chi connectivity index (χ1n) is 8.15. The molecular weight excluding hydrogens is 397 g/mol. The number of rotatable bonds is 3. The molecule has 1 N–H and O–H groups in total. The second-order valence-corrected chi connectivity index (χ2v) is 6.67. The largest absolute Gasteiger partial charge is 0.320 e. The Morgan fingerprint density at radius 1 is 1.14 bits per heavy atom. The lowest BCUT2D eigenvalue weighted by Crippen LogP contribution is -2.14. The minimum atomic E-state index is -0.446. The zero-order valence-corrected chi connectivity index (χ0v) is 15.7. The molecule has 0 aliphatic rings. The Morgan fingerprint density at radius 2 is 1.89 bits per heavy atom. The molecule has 0 saturated carbocycles. The molecule has 6 nitrogen and oxygen atoms in total. The molecular formula is C20H11Cl2N5O. The molecule has 136 valence electrons. The smallest absolute Gasteiger partial charge is 0.258 e. The van der Waals surface area contributed by atoms with E-state index in [0.29, 0.717) is 27.8 Å². The van der Waals surface area contributed by atoms with Crippen molar-refractivity contribution in [2.75, 3.05) is 5.32 Å². The molecule has 0 bridgehead atoms. The highest BCUT2D eigenvalue weighted by Crippen LogP contribution is 2.30. The summed E-state index contributed by atoms with van der Waals surface area (Å²) >= 11 is 12.3. The van der Waals surface area contributed by atoms with E-state index in [1.54, 1.807) is 53.6 Å². The third kappa shape index (κ3) is 3.07. The van der Waals surface area contributed by atoms with Crippen LogP contribution in [-0.4, -0.2) is 20.4 Å². The summed E-state index contributed by atoms with van der Waals surface area (Å²) in [6, 6.07) is 12.3. The second-order valence-electron chi connectivity index (χ2n) is 5.85. The van der Waals surface area contributed by atoms with Crippen LogP contribution >= 0.6 is 23.2 Å². The number of carbonyl (C=O) groups excluding carboxylic acids is 1. The number of amides is 1. The lowest BCUT2D eigenvalue weighted by atomic mass is 10.1. The highest BCUT2D eigenvalue weighted by atomic mass is 35.5. The minimum absolute atomic E-state index is 0.186. The Hall–Kier alpha value is -3.40. The standard InChI is InChI=1S/C20H11Cl2N5O/c21-14-4-2-5-15(22)17(14)20(28)26-16-6-1-3-13-18(16)25-10-12(9-23)19(13)27-8-7-24-11-27/h1-8,10-11H,(H,26,28). The molecule has 4 aromatic rings. The van der Waals surface area contributed by atoms with Crippen LogP contribution in [0.2, 0.25) is 10.0 Å². The van der Waals surface area contributed by atoms with Gasteiger partial charge in [-0.15, -0.1) is 0 Å². The van der Waals surface area contributed by atoms with Crippen molar-refractivity contribution in [1.29, 1.82) is 5.26 Å². The van der Waals surface area contributed by atoms with E-state index < -0.39 is 5.91 Å². The van der Waals surface area contributed by atoms with Crippen molar-refractivity contribution in [2.24, 2.45) is 0 Å². The molecule has 0 aliphatic carbocycles. The summed E-state index contributed by atoms with van der Waals surface area (Å²) in [5.74, 6) is -0.446. The van der Waals surface area contributed by atoms with Crippen molar-refractivity contribution in [3.8, 4) is 11.8 Å². The van der Waals surface area contributed by atoms with Crippen LogP contribution in [0.4, 0.5) is 5.69 Å². The SMILES string of the molecule is N#Cc1cnc2c(NC(=O)c3c(Cl)cccc3Cl)cccc2c1-n1ccnc1. The maximum atomic E-state index is 12.8. The number of hydrogen-bond donors (Lipinski definition) is 1. The minimum Gasteiger partial charge on any atom is -0.320 e. The lowest BCUT2D eigenvalue weighted by molar-refractivity contribution is 0.102. The summed E-state index contributed by atoms with van der Waals surface area (Å²) in [5, 5.41) is 13.5. The number of nitrogens with zero attached hydrogens (tertiary/aromatic N) is 4. The molecule has 2 heterocycles. The van der Waals surface area contributed by atoms with Crippen molar-refractivity contribution in [1.82, 2.24) is 14.5 Å². The molecule has 0 unspecified atom stereocenters. The number of nitrogens with one attached hydrogen (secondary N) is 1. The topological polar surface area (TPSA) is 83.6 Å². The molecule has 2 aromatic heterocycles. The Kier molecular flexibility index (Phi) is 4.70. The molecule has 0 saturated heterocycles. The van der Waals surface area contributed by atoms with Crippen LogP contribution in [0, 0.1) is 11.3 Å². The summed E-state index contributed by atoms with van der Waals surface area (Å²) in [6.07, 6.45) is 6.43. The van der Waals surface area contributed by atoms with Gasteiger partial charge < -0.3 is 9.88 Å². The van der Waals surface area contributed by atoms with E-state index in [-0.39, 0.29) is 15.6 Å². The van der Waals surface area contributed by atoms with Crippen LogP contribution in [0.15, 0.2) is 61.3 Å². The predicted octanol–water partition coefficient (Wildman–Crippen LogP) is 4.85. The zero-order chi connectivity index (χ0) is 19.7. The fourth-order valence-corrected chi connectivity index (χ4v) is 3.53. The molecule has 0 radical (unpaired) electrons. The molecule has 8 heteroatoms. The second kappa shape index (κ2) is 7.31. The van der Waals surface area contributed by atoms with E-state index >= 15 is 0 Å². The van der Waals surface area contributed by atoms with E-state index in [2.05, 4.69) is 21.4 Å². The number of carbonyl (C=O) groups is 1. The van der Waals surface area contributed by atoms with Gasteiger partial charge in [-0.1, -0.05) is 41.4 Å². The van der Waals surface area contributed by atoms with Gasteiger partial charge in [0, 0.05) is 24.0 Å². The average Bonchev–Trinajstić information content (AvgIpc) is 3.21. The first-order valence-corrected chi connectivity index (χ1v) is 8.91. The third-order valence-corrected chi connectivity index (χ3v) is 4.82. The monoisotopic (exact) mass is 407 g/mol. The van der Waals surface area contributed by atoms with Gasteiger partial charge >= 0.3 is 0 Å². The number of para-hydroxylation sites is 1. The van der Waals surface area contributed by atoms with Crippen LogP contribution in [-0.2, 0) is 0 Å². The molecule has 0 spiro atoms. The number of halogens is 2. The van der Waals surface area contributed by atoms with Gasteiger partial charge in [0.1, 0.15) is 6.07 Å². The van der Waals surface area contributed by atoms with Gasteiger partial charge in [-0.25, -0.2) is 4.98 Å².